The van der Waals surface area contributed by atoms with Crippen molar-refractivity contribution in [3.63, 3.8) is 0 Å². The first-order valence-electron chi connectivity index (χ1n) is 4.35. The SMILES string of the molecule is O=C(O)c1[nH]cc(Br)c1-c1ccccc1. The molecule has 0 aliphatic carbocycles. The summed E-state index contributed by atoms with van der Waals surface area (Å²) in [6.45, 7) is 0. The summed E-state index contributed by atoms with van der Waals surface area (Å²) in [5.41, 5.74) is 1.76. The number of H-pyrrole nitrogens is 1. The molecule has 0 saturated carbocycles. The largest absolute Gasteiger partial charge is 0.477 e. The van der Waals surface area contributed by atoms with Gasteiger partial charge in [-0.05, 0) is 21.5 Å². The lowest BCUT2D eigenvalue weighted by Gasteiger charge is -2.01. The van der Waals surface area contributed by atoms with E-state index in [0.717, 1.165) is 10.0 Å². The minimum Gasteiger partial charge on any atom is -0.477 e. The number of benzene rings is 1. The molecular formula is C11H8BrNO2. The summed E-state index contributed by atoms with van der Waals surface area (Å²) >= 11 is 3.33. The van der Waals surface area contributed by atoms with Gasteiger partial charge in [0.05, 0.1) is 0 Å². The number of halogens is 1. The summed E-state index contributed by atoms with van der Waals surface area (Å²) in [6, 6.07) is 9.39. The van der Waals surface area contributed by atoms with Crippen LogP contribution in [0.2, 0.25) is 0 Å². The lowest BCUT2D eigenvalue weighted by atomic mass is 10.1. The van der Waals surface area contributed by atoms with Crippen LogP contribution in [0, 0.1) is 0 Å². The first-order chi connectivity index (χ1) is 7.20. The molecular weight excluding hydrogens is 258 g/mol. The van der Waals surface area contributed by atoms with Crippen molar-refractivity contribution in [3.05, 3.63) is 46.7 Å². The summed E-state index contributed by atoms with van der Waals surface area (Å²) in [5.74, 6) is -0.959. The van der Waals surface area contributed by atoms with Crippen molar-refractivity contribution in [1.82, 2.24) is 4.98 Å². The molecule has 0 radical (unpaired) electrons. The van der Waals surface area contributed by atoms with Crippen LogP contribution in [0.4, 0.5) is 0 Å². The minimum atomic E-state index is -0.959. The molecule has 0 bridgehead atoms. The molecule has 0 amide bonds. The van der Waals surface area contributed by atoms with Gasteiger partial charge in [0.1, 0.15) is 5.69 Å². The Balaban J connectivity index is 2.62. The van der Waals surface area contributed by atoms with Gasteiger partial charge in [-0.15, -0.1) is 0 Å². The molecule has 0 unspecified atom stereocenters. The van der Waals surface area contributed by atoms with Crippen molar-refractivity contribution in [2.24, 2.45) is 0 Å². The summed E-state index contributed by atoms with van der Waals surface area (Å²) in [7, 11) is 0. The van der Waals surface area contributed by atoms with Gasteiger partial charge < -0.3 is 10.1 Å². The Morgan fingerprint density at radius 1 is 1.27 bits per heavy atom. The van der Waals surface area contributed by atoms with E-state index in [-0.39, 0.29) is 5.69 Å². The first-order valence-corrected chi connectivity index (χ1v) is 5.15. The van der Waals surface area contributed by atoms with E-state index >= 15 is 0 Å². The number of rotatable bonds is 2. The second kappa shape index (κ2) is 3.90. The molecule has 1 aromatic heterocycles. The molecule has 2 aromatic rings. The predicted octanol–water partition coefficient (Wildman–Crippen LogP) is 3.14. The van der Waals surface area contributed by atoms with Crippen molar-refractivity contribution in [3.8, 4) is 11.1 Å². The number of nitrogens with one attached hydrogen (secondary N) is 1. The Bertz CT molecular complexity index is 491. The highest BCUT2D eigenvalue weighted by Crippen LogP contribution is 2.31. The molecule has 2 N–H and O–H groups in total. The number of aromatic amines is 1. The number of carboxylic acids is 1. The van der Waals surface area contributed by atoms with Gasteiger partial charge in [-0.3, -0.25) is 0 Å². The minimum absolute atomic E-state index is 0.202. The van der Waals surface area contributed by atoms with Crippen LogP contribution >= 0.6 is 15.9 Å². The molecule has 15 heavy (non-hydrogen) atoms. The summed E-state index contributed by atoms with van der Waals surface area (Å²) in [5, 5.41) is 8.99. The first kappa shape index (κ1) is 9.98. The van der Waals surface area contributed by atoms with Crippen LogP contribution in [0.25, 0.3) is 11.1 Å². The summed E-state index contributed by atoms with van der Waals surface area (Å²) < 4.78 is 0.756. The zero-order chi connectivity index (χ0) is 10.8. The van der Waals surface area contributed by atoms with E-state index in [4.69, 9.17) is 5.11 Å². The highest BCUT2D eigenvalue weighted by atomic mass is 79.9. The molecule has 2 rings (SSSR count). The number of carbonyl (C=O) groups is 1. The maximum Gasteiger partial charge on any atom is 0.352 e. The number of aromatic nitrogens is 1. The quantitative estimate of drug-likeness (QED) is 0.877. The smallest absolute Gasteiger partial charge is 0.352 e. The number of aromatic carboxylic acids is 1. The van der Waals surface area contributed by atoms with E-state index in [2.05, 4.69) is 20.9 Å². The van der Waals surface area contributed by atoms with Crippen LogP contribution in [0.3, 0.4) is 0 Å². The second-order valence-electron chi connectivity index (χ2n) is 3.06. The summed E-state index contributed by atoms with van der Waals surface area (Å²) in [6.07, 6.45) is 1.63. The highest BCUT2D eigenvalue weighted by molar-refractivity contribution is 9.10. The molecule has 0 fully saturated rings. The Kier molecular flexibility index (Phi) is 2.60. The van der Waals surface area contributed by atoms with Gasteiger partial charge in [0, 0.05) is 16.2 Å². The third-order valence-corrected chi connectivity index (χ3v) is 2.73. The highest BCUT2D eigenvalue weighted by Gasteiger charge is 2.16. The van der Waals surface area contributed by atoms with Crippen LogP contribution < -0.4 is 0 Å². The second-order valence-corrected chi connectivity index (χ2v) is 3.91. The lowest BCUT2D eigenvalue weighted by Crippen LogP contribution is -1.98. The fourth-order valence-electron chi connectivity index (χ4n) is 1.45. The molecule has 3 nitrogen and oxygen atoms in total. The van der Waals surface area contributed by atoms with Gasteiger partial charge >= 0.3 is 5.97 Å². The van der Waals surface area contributed by atoms with Crippen molar-refractivity contribution >= 4 is 21.9 Å². The predicted molar refractivity (Wildman–Crippen MR) is 60.9 cm³/mol. The van der Waals surface area contributed by atoms with E-state index in [0.29, 0.717) is 5.56 Å². The van der Waals surface area contributed by atoms with E-state index in [9.17, 15) is 4.79 Å². The van der Waals surface area contributed by atoms with E-state index in [1.807, 2.05) is 30.3 Å². The zero-order valence-corrected chi connectivity index (χ0v) is 9.28. The molecule has 4 heteroatoms. The van der Waals surface area contributed by atoms with E-state index < -0.39 is 5.97 Å². The maximum atomic E-state index is 11.0. The van der Waals surface area contributed by atoms with Gasteiger partial charge in [0.25, 0.3) is 0 Å². The van der Waals surface area contributed by atoms with Gasteiger partial charge in [0.2, 0.25) is 0 Å². The number of hydrogen-bond donors (Lipinski definition) is 2. The zero-order valence-electron chi connectivity index (χ0n) is 7.70. The summed E-state index contributed by atoms with van der Waals surface area (Å²) in [4.78, 5) is 13.7. The topological polar surface area (TPSA) is 53.1 Å². The Hall–Kier alpha value is -1.55. The van der Waals surface area contributed by atoms with Crippen LogP contribution in [0.1, 0.15) is 10.5 Å². The molecule has 0 aliphatic rings. The number of hydrogen-bond acceptors (Lipinski definition) is 1. The van der Waals surface area contributed by atoms with Crippen molar-refractivity contribution < 1.29 is 9.90 Å². The Labute approximate surface area is 94.9 Å². The molecule has 0 aliphatic heterocycles. The standard InChI is InChI=1S/C11H8BrNO2/c12-8-6-13-10(11(14)15)9(8)7-4-2-1-3-5-7/h1-6,13H,(H,14,15). The lowest BCUT2D eigenvalue weighted by molar-refractivity contribution is 0.0692. The van der Waals surface area contributed by atoms with Crippen molar-refractivity contribution in [2.75, 3.05) is 0 Å². The van der Waals surface area contributed by atoms with Gasteiger partial charge in [-0.2, -0.15) is 0 Å². The van der Waals surface area contributed by atoms with E-state index in [1.54, 1.807) is 6.20 Å². The average molecular weight is 266 g/mol. The molecule has 0 spiro atoms. The normalized spacial score (nSPS) is 10.2. The van der Waals surface area contributed by atoms with E-state index in [1.165, 1.54) is 0 Å². The van der Waals surface area contributed by atoms with Crippen molar-refractivity contribution in [2.45, 2.75) is 0 Å². The molecule has 1 aromatic carbocycles. The Morgan fingerprint density at radius 3 is 2.53 bits per heavy atom. The third kappa shape index (κ3) is 1.80. The third-order valence-electron chi connectivity index (χ3n) is 2.11. The number of carboxylic acid groups (broad SMARTS) is 1. The molecule has 1 heterocycles. The maximum absolute atomic E-state index is 11.0. The van der Waals surface area contributed by atoms with Gasteiger partial charge in [-0.1, -0.05) is 30.3 Å². The molecule has 0 saturated heterocycles. The van der Waals surface area contributed by atoms with Gasteiger partial charge in [0.15, 0.2) is 0 Å². The van der Waals surface area contributed by atoms with Crippen LogP contribution in [0.15, 0.2) is 41.0 Å². The molecule has 0 atom stereocenters. The average Bonchev–Trinajstić information content (AvgIpc) is 2.61. The Morgan fingerprint density at radius 2 is 1.93 bits per heavy atom. The van der Waals surface area contributed by atoms with Crippen LogP contribution in [-0.4, -0.2) is 16.1 Å². The van der Waals surface area contributed by atoms with Crippen molar-refractivity contribution in [1.29, 1.82) is 0 Å². The van der Waals surface area contributed by atoms with Gasteiger partial charge in [-0.25, -0.2) is 4.79 Å². The van der Waals surface area contributed by atoms with Crippen LogP contribution in [0.5, 0.6) is 0 Å². The monoisotopic (exact) mass is 265 g/mol. The fraction of sp³-hybridized carbons (Fsp3) is 0. The fourth-order valence-corrected chi connectivity index (χ4v) is 2.00. The van der Waals surface area contributed by atoms with Crippen LogP contribution in [-0.2, 0) is 0 Å². The molecule has 76 valence electrons.